The number of fused-ring (bicyclic) bond motifs is 5. The molecule has 3 heterocycles. The highest BCUT2D eigenvalue weighted by molar-refractivity contribution is 7.20. The average Bonchev–Trinajstić information content (AvgIpc) is 3.25. The topological polar surface area (TPSA) is 26.0 Å². The molecule has 0 aliphatic rings. The largest absolute Gasteiger partial charge is 0.454 e. The summed E-state index contributed by atoms with van der Waals surface area (Å²) in [6, 6.07) is 14.1. The van der Waals surface area contributed by atoms with Crippen LogP contribution >= 0.6 is 11.3 Å². The van der Waals surface area contributed by atoms with E-state index in [0.717, 1.165) is 33.2 Å². The van der Waals surface area contributed by atoms with Gasteiger partial charge in [0.15, 0.2) is 5.58 Å². The Morgan fingerprint density at radius 3 is 2.55 bits per heavy atom. The van der Waals surface area contributed by atoms with Gasteiger partial charge < -0.3 is 4.42 Å². The number of para-hydroxylation sites is 1. The summed E-state index contributed by atoms with van der Waals surface area (Å²) in [5, 5.41) is 3.41. The van der Waals surface area contributed by atoms with Gasteiger partial charge in [-0.25, -0.2) is 0 Å². The van der Waals surface area contributed by atoms with E-state index in [1.54, 1.807) is 23.6 Å². The van der Waals surface area contributed by atoms with Gasteiger partial charge in [-0.15, -0.1) is 11.3 Å². The van der Waals surface area contributed by atoms with Crippen LogP contribution in [0.2, 0.25) is 0 Å². The van der Waals surface area contributed by atoms with Gasteiger partial charge >= 0.3 is 0 Å². The van der Waals surface area contributed by atoms with Crippen LogP contribution < -0.4 is 0 Å². The minimum absolute atomic E-state index is 0.530. The second kappa shape index (κ2) is 6.43. The number of thiophene rings is 1. The van der Waals surface area contributed by atoms with Crippen molar-refractivity contribution in [2.45, 2.75) is 41.0 Å². The minimum Gasteiger partial charge on any atom is -0.454 e. The smallest absolute Gasteiger partial charge is 0.153 e. The molecule has 3 heteroatoms. The maximum atomic E-state index is 8.66. The Morgan fingerprint density at radius 2 is 1.76 bits per heavy atom. The molecule has 29 heavy (non-hydrogen) atoms. The Hall–Kier alpha value is -2.65. The summed E-state index contributed by atoms with van der Waals surface area (Å²) in [6.45, 7) is 10.1. The van der Waals surface area contributed by atoms with Crippen LogP contribution in [0.25, 0.3) is 43.3 Å². The number of furan rings is 1. The molecule has 0 radical (unpaired) electrons. The van der Waals surface area contributed by atoms with E-state index in [-0.39, 0.29) is 0 Å². The molecule has 0 fully saturated rings. The van der Waals surface area contributed by atoms with Crippen LogP contribution in [0.4, 0.5) is 0 Å². The summed E-state index contributed by atoms with van der Waals surface area (Å²) >= 11 is 1.77. The van der Waals surface area contributed by atoms with Gasteiger partial charge in [0.05, 0.1) is 10.4 Å². The lowest BCUT2D eigenvalue weighted by Gasteiger charge is -2.18. The normalized spacial score (nSPS) is 14.0. The SMILES string of the molecule is [2H]C([2H])(c1ccnc(-c2cccc3c2oc2c3ccc3c(C)c(C)sc32)c1)C(C)(C)C. The highest BCUT2D eigenvalue weighted by Gasteiger charge is 2.18. The predicted octanol–water partition coefficient (Wildman–Crippen LogP) is 8.07. The van der Waals surface area contributed by atoms with Crippen molar-refractivity contribution in [2.75, 3.05) is 0 Å². The van der Waals surface area contributed by atoms with Crippen LogP contribution in [-0.2, 0) is 6.37 Å². The molecule has 0 aliphatic heterocycles. The van der Waals surface area contributed by atoms with Crippen molar-refractivity contribution >= 4 is 43.4 Å². The zero-order valence-corrected chi connectivity index (χ0v) is 18.2. The van der Waals surface area contributed by atoms with Gasteiger partial charge in [0, 0.05) is 30.2 Å². The van der Waals surface area contributed by atoms with Crippen LogP contribution in [0.1, 0.15) is 39.5 Å². The fourth-order valence-electron chi connectivity index (χ4n) is 3.94. The molecule has 0 atom stereocenters. The first-order valence-electron chi connectivity index (χ1n) is 10.9. The fourth-order valence-corrected chi connectivity index (χ4v) is 5.09. The van der Waals surface area contributed by atoms with Gasteiger partial charge in [-0.05, 0) is 66.4 Å². The molecule has 146 valence electrons. The lowest BCUT2D eigenvalue weighted by molar-refractivity contribution is 0.411. The third kappa shape index (κ3) is 3.05. The van der Waals surface area contributed by atoms with Crippen LogP contribution in [-0.4, -0.2) is 4.98 Å². The number of aryl methyl sites for hydroxylation is 2. The first-order chi connectivity index (χ1) is 14.6. The maximum Gasteiger partial charge on any atom is 0.153 e. The van der Waals surface area contributed by atoms with Gasteiger partial charge in [-0.3, -0.25) is 4.98 Å². The lowest BCUT2D eigenvalue weighted by Crippen LogP contribution is -2.09. The van der Waals surface area contributed by atoms with E-state index >= 15 is 0 Å². The van der Waals surface area contributed by atoms with Crippen molar-refractivity contribution in [1.29, 1.82) is 0 Å². The summed E-state index contributed by atoms with van der Waals surface area (Å²) in [4.78, 5) is 5.89. The molecule has 0 spiro atoms. The number of pyridine rings is 1. The number of rotatable bonds is 2. The quantitative estimate of drug-likeness (QED) is 0.299. The van der Waals surface area contributed by atoms with Crippen molar-refractivity contribution in [3.8, 4) is 11.3 Å². The molecule has 5 rings (SSSR count). The van der Waals surface area contributed by atoms with E-state index in [1.165, 1.54) is 20.5 Å². The van der Waals surface area contributed by atoms with E-state index in [0.29, 0.717) is 5.56 Å². The second-order valence-electron chi connectivity index (χ2n) is 8.69. The van der Waals surface area contributed by atoms with Gasteiger partial charge in [-0.2, -0.15) is 0 Å². The summed E-state index contributed by atoms with van der Waals surface area (Å²) < 4.78 is 25.0. The fraction of sp³-hybridized carbons (Fsp3) is 0.269. The highest BCUT2D eigenvalue weighted by Crippen LogP contribution is 2.42. The molecular formula is C26H25NOS. The summed E-state index contributed by atoms with van der Waals surface area (Å²) in [7, 11) is 0. The third-order valence-corrected chi connectivity index (χ3v) is 6.59. The van der Waals surface area contributed by atoms with Crippen LogP contribution in [0.3, 0.4) is 0 Å². The van der Waals surface area contributed by atoms with Crippen LogP contribution in [0.15, 0.2) is 53.1 Å². The molecule has 3 aromatic heterocycles. The molecule has 0 saturated heterocycles. The first kappa shape index (κ1) is 16.2. The van der Waals surface area contributed by atoms with Gasteiger partial charge in [-0.1, -0.05) is 39.0 Å². The van der Waals surface area contributed by atoms with E-state index < -0.39 is 11.8 Å². The van der Waals surface area contributed by atoms with Crippen molar-refractivity contribution in [2.24, 2.45) is 5.41 Å². The number of hydrogen-bond donors (Lipinski definition) is 0. The second-order valence-corrected chi connectivity index (χ2v) is 9.92. The van der Waals surface area contributed by atoms with E-state index in [1.807, 2.05) is 39.0 Å². The maximum absolute atomic E-state index is 8.66. The monoisotopic (exact) mass is 401 g/mol. The molecule has 2 aromatic carbocycles. The van der Waals surface area contributed by atoms with Crippen LogP contribution in [0, 0.1) is 19.3 Å². The molecule has 0 unspecified atom stereocenters. The van der Waals surface area contributed by atoms with E-state index in [4.69, 9.17) is 7.16 Å². The molecule has 0 amide bonds. The molecule has 5 aromatic rings. The Bertz CT molecular complexity index is 1470. The van der Waals surface area contributed by atoms with Crippen molar-refractivity contribution in [1.82, 2.24) is 4.98 Å². The summed E-state index contributed by atoms with van der Waals surface area (Å²) in [6.07, 6.45) is 0.213. The Kier molecular flexibility index (Phi) is 3.59. The molecule has 0 aliphatic carbocycles. The number of aromatic nitrogens is 1. The zero-order valence-electron chi connectivity index (χ0n) is 19.4. The molecular weight excluding hydrogens is 374 g/mol. The first-order valence-corrected chi connectivity index (χ1v) is 10.7. The number of benzene rings is 2. The Morgan fingerprint density at radius 1 is 1.00 bits per heavy atom. The van der Waals surface area contributed by atoms with Crippen molar-refractivity contribution in [3.63, 3.8) is 0 Å². The average molecular weight is 402 g/mol. The molecule has 0 N–H and O–H groups in total. The minimum atomic E-state index is -1.48. The van der Waals surface area contributed by atoms with Crippen molar-refractivity contribution in [3.05, 3.63) is 64.7 Å². The van der Waals surface area contributed by atoms with Crippen LogP contribution in [0.5, 0.6) is 0 Å². The van der Waals surface area contributed by atoms with E-state index in [9.17, 15) is 0 Å². The Balaban J connectivity index is 1.77. The summed E-state index contributed by atoms with van der Waals surface area (Å²) in [5.41, 5.74) is 4.74. The molecule has 0 bridgehead atoms. The Labute approximate surface area is 178 Å². The molecule has 0 saturated carbocycles. The van der Waals surface area contributed by atoms with E-state index in [2.05, 4.69) is 37.0 Å². The van der Waals surface area contributed by atoms with Gasteiger partial charge in [0.1, 0.15) is 5.58 Å². The van der Waals surface area contributed by atoms with Crippen molar-refractivity contribution < 1.29 is 7.16 Å². The number of hydrogen-bond acceptors (Lipinski definition) is 3. The van der Waals surface area contributed by atoms with Gasteiger partial charge in [0.2, 0.25) is 0 Å². The lowest BCUT2D eigenvalue weighted by atomic mass is 9.88. The number of nitrogens with zero attached hydrogens (tertiary/aromatic N) is 1. The van der Waals surface area contributed by atoms with Gasteiger partial charge in [0.25, 0.3) is 0 Å². The standard InChI is InChI=1S/C26H25NOS/c1-15-16(2)29-25-18(15)9-10-20-19-7-6-8-21(23(19)28-24(20)25)22-13-17(11-12-27-22)14-26(3,4)5/h6-13H,14H2,1-5H3/i14D2. The third-order valence-electron chi connectivity index (χ3n) is 5.36. The zero-order chi connectivity index (χ0) is 22.1. The highest BCUT2D eigenvalue weighted by atomic mass is 32.1. The molecule has 2 nitrogen and oxygen atoms in total. The summed E-state index contributed by atoms with van der Waals surface area (Å²) in [5.74, 6) is 0. The predicted molar refractivity (Wildman–Crippen MR) is 125 cm³/mol.